The van der Waals surface area contributed by atoms with Gasteiger partial charge in [0.15, 0.2) is 5.09 Å². The molecule has 0 bridgehead atoms. The number of para-hydroxylation sites is 1. The number of hydrogen-bond donors (Lipinski definition) is 1. The molecule has 9 heteroatoms. The van der Waals surface area contributed by atoms with Gasteiger partial charge in [-0.15, -0.1) is 0 Å². The fraction of sp³-hybridized carbons (Fsp3) is 0.0870. The minimum absolute atomic E-state index is 0.217. The van der Waals surface area contributed by atoms with Crippen LogP contribution in [0, 0.1) is 28.6 Å². The lowest BCUT2D eigenvalue weighted by molar-refractivity contribution is 0.463. The predicted octanol–water partition coefficient (Wildman–Crippen LogP) is 6.05. The zero-order valence-electron chi connectivity index (χ0n) is 16.4. The van der Waals surface area contributed by atoms with Crippen molar-refractivity contribution in [3.8, 4) is 12.1 Å². The number of nitrogens with two attached hydrogens (primary N) is 1. The van der Waals surface area contributed by atoms with E-state index in [1.165, 1.54) is 11.8 Å². The van der Waals surface area contributed by atoms with Crippen LogP contribution < -0.4 is 10.7 Å². The Bertz CT molecular complexity index is 1270. The van der Waals surface area contributed by atoms with Crippen molar-refractivity contribution in [1.29, 1.82) is 10.5 Å². The lowest BCUT2D eigenvalue weighted by atomic mass is 9.96. The van der Waals surface area contributed by atoms with Crippen molar-refractivity contribution in [1.82, 2.24) is 0 Å². The topological polar surface area (TPSA) is 102 Å². The van der Waals surface area contributed by atoms with E-state index in [-0.39, 0.29) is 5.57 Å². The molecule has 0 aliphatic carbocycles. The average molecular weight is 525 g/mol. The SMILES string of the molecule is N#C/C(=C/c1cc(Br)c(Sc2ccc(Cl)cc2)o1)C1=NN(c2ccccc2)[C@@H](N)[C@@H]1C#N. The molecule has 158 valence electrons. The summed E-state index contributed by atoms with van der Waals surface area (Å²) in [5.41, 5.74) is 7.55. The monoisotopic (exact) mass is 523 g/mol. The van der Waals surface area contributed by atoms with Gasteiger partial charge in [0.25, 0.3) is 0 Å². The quantitative estimate of drug-likeness (QED) is 0.407. The molecule has 32 heavy (non-hydrogen) atoms. The summed E-state index contributed by atoms with van der Waals surface area (Å²) in [5.74, 6) is -0.307. The number of furan rings is 1. The molecule has 2 atom stereocenters. The van der Waals surface area contributed by atoms with Gasteiger partial charge in [-0.3, -0.25) is 0 Å². The number of benzene rings is 2. The van der Waals surface area contributed by atoms with E-state index < -0.39 is 12.1 Å². The second-order valence-electron chi connectivity index (χ2n) is 6.77. The molecule has 2 aromatic carbocycles. The smallest absolute Gasteiger partial charge is 0.179 e. The lowest BCUT2D eigenvalue weighted by Crippen LogP contribution is -2.40. The summed E-state index contributed by atoms with van der Waals surface area (Å²) in [6.07, 6.45) is 0.870. The highest BCUT2D eigenvalue weighted by atomic mass is 79.9. The van der Waals surface area contributed by atoms with E-state index in [9.17, 15) is 10.5 Å². The van der Waals surface area contributed by atoms with E-state index in [0.717, 1.165) is 15.1 Å². The van der Waals surface area contributed by atoms with Gasteiger partial charge in [0.2, 0.25) is 0 Å². The van der Waals surface area contributed by atoms with Gasteiger partial charge in [-0.2, -0.15) is 15.6 Å². The maximum Gasteiger partial charge on any atom is 0.179 e. The van der Waals surface area contributed by atoms with Crippen LogP contribution in [0.5, 0.6) is 0 Å². The Kier molecular flexibility index (Phi) is 6.69. The number of hydrogen-bond acceptors (Lipinski definition) is 7. The predicted molar refractivity (Wildman–Crippen MR) is 129 cm³/mol. The molecule has 2 heterocycles. The first-order chi connectivity index (χ1) is 15.5. The number of allylic oxidation sites excluding steroid dienone is 1. The van der Waals surface area contributed by atoms with Gasteiger partial charge in [-0.1, -0.05) is 41.6 Å². The molecule has 1 aliphatic heterocycles. The van der Waals surface area contributed by atoms with Crippen molar-refractivity contribution in [2.75, 3.05) is 5.01 Å². The van der Waals surface area contributed by atoms with Crippen molar-refractivity contribution >= 4 is 56.8 Å². The standard InChI is InChI=1S/C23H15BrClN5OS/c24-20-11-17(31-23(20)32-18-8-6-15(25)7-9-18)10-14(12-26)21-19(13-27)22(28)30(29-21)16-4-2-1-3-5-16/h1-11,19,22H,28H2/b14-10-/t19-,22-/m1/s1. The van der Waals surface area contributed by atoms with E-state index in [4.69, 9.17) is 21.8 Å². The largest absolute Gasteiger partial charge is 0.449 e. The summed E-state index contributed by atoms with van der Waals surface area (Å²) < 4.78 is 6.66. The number of hydrazone groups is 1. The normalized spacial score (nSPS) is 18.2. The summed E-state index contributed by atoms with van der Waals surface area (Å²) in [7, 11) is 0. The van der Waals surface area contributed by atoms with E-state index >= 15 is 0 Å². The Labute approximate surface area is 202 Å². The molecular formula is C23H15BrClN5OS. The Morgan fingerprint density at radius 3 is 2.56 bits per heavy atom. The Balaban J connectivity index is 1.64. The average Bonchev–Trinajstić information content (AvgIpc) is 3.32. The number of rotatable bonds is 5. The third-order valence-electron chi connectivity index (χ3n) is 4.68. The minimum Gasteiger partial charge on any atom is -0.449 e. The highest BCUT2D eigenvalue weighted by Gasteiger charge is 2.37. The summed E-state index contributed by atoms with van der Waals surface area (Å²) >= 11 is 10.9. The van der Waals surface area contributed by atoms with Crippen LogP contribution in [0.4, 0.5) is 5.69 Å². The van der Waals surface area contributed by atoms with Gasteiger partial charge in [-0.25, -0.2) is 5.01 Å². The van der Waals surface area contributed by atoms with E-state index in [0.29, 0.717) is 21.6 Å². The van der Waals surface area contributed by atoms with Gasteiger partial charge in [0.1, 0.15) is 23.9 Å². The fourth-order valence-electron chi connectivity index (χ4n) is 3.14. The molecule has 4 rings (SSSR count). The van der Waals surface area contributed by atoms with E-state index in [2.05, 4.69) is 33.2 Å². The third kappa shape index (κ3) is 4.59. The number of nitrogens with zero attached hydrogens (tertiary/aromatic N) is 4. The molecule has 2 N–H and O–H groups in total. The first kappa shape index (κ1) is 22.2. The Morgan fingerprint density at radius 1 is 1.19 bits per heavy atom. The van der Waals surface area contributed by atoms with Crippen LogP contribution in [0.2, 0.25) is 5.02 Å². The lowest BCUT2D eigenvalue weighted by Gasteiger charge is -2.21. The molecule has 0 saturated heterocycles. The van der Waals surface area contributed by atoms with Crippen LogP contribution in [0.3, 0.4) is 0 Å². The zero-order chi connectivity index (χ0) is 22.7. The second kappa shape index (κ2) is 9.64. The molecule has 0 amide bonds. The maximum atomic E-state index is 9.80. The fourth-order valence-corrected chi connectivity index (χ4v) is 4.60. The molecule has 0 saturated carbocycles. The molecule has 1 aromatic heterocycles. The molecule has 0 spiro atoms. The summed E-state index contributed by atoms with van der Waals surface area (Å²) in [6.45, 7) is 0. The summed E-state index contributed by atoms with van der Waals surface area (Å²) in [6, 6.07) is 22.8. The summed E-state index contributed by atoms with van der Waals surface area (Å²) in [4.78, 5) is 0.953. The summed E-state index contributed by atoms with van der Waals surface area (Å²) in [5, 5.41) is 26.9. The number of halogens is 2. The molecule has 0 fully saturated rings. The van der Waals surface area contributed by atoms with Gasteiger partial charge < -0.3 is 10.2 Å². The van der Waals surface area contributed by atoms with Crippen molar-refractivity contribution in [2.24, 2.45) is 16.8 Å². The molecule has 0 unspecified atom stereocenters. The molecule has 3 aromatic rings. The second-order valence-corrected chi connectivity index (χ2v) is 9.11. The molecule has 6 nitrogen and oxygen atoms in total. The Morgan fingerprint density at radius 2 is 1.91 bits per heavy atom. The van der Waals surface area contributed by atoms with Gasteiger partial charge in [0.05, 0.1) is 27.5 Å². The maximum absolute atomic E-state index is 9.80. The zero-order valence-corrected chi connectivity index (χ0v) is 19.6. The third-order valence-corrected chi connectivity index (χ3v) is 6.78. The van der Waals surface area contributed by atoms with Crippen molar-refractivity contribution in [3.63, 3.8) is 0 Å². The first-order valence-corrected chi connectivity index (χ1v) is 11.4. The van der Waals surface area contributed by atoms with E-state index in [1.807, 2.05) is 42.5 Å². The highest BCUT2D eigenvalue weighted by Crippen LogP contribution is 2.37. The van der Waals surface area contributed by atoms with Crippen LogP contribution >= 0.6 is 39.3 Å². The van der Waals surface area contributed by atoms with Gasteiger partial charge >= 0.3 is 0 Å². The van der Waals surface area contributed by atoms with Crippen molar-refractivity contribution in [3.05, 3.63) is 81.5 Å². The number of nitriles is 2. The molecular weight excluding hydrogens is 510 g/mol. The van der Waals surface area contributed by atoms with Crippen molar-refractivity contribution < 1.29 is 4.42 Å². The Hall–Kier alpha value is -3.01. The van der Waals surface area contributed by atoms with Gasteiger partial charge in [-0.05, 0) is 58.4 Å². The first-order valence-electron chi connectivity index (χ1n) is 9.43. The van der Waals surface area contributed by atoms with Crippen LogP contribution in [-0.2, 0) is 0 Å². The highest BCUT2D eigenvalue weighted by molar-refractivity contribution is 9.10. The van der Waals surface area contributed by atoms with Crippen LogP contribution in [-0.4, -0.2) is 11.9 Å². The minimum atomic E-state index is -0.762. The van der Waals surface area contributed by atoms with Crippen LogP contribution in [0.15, 0.2) is 90.2 Å². The van der Waals surface area contributed by atoms with Gasteiger partial charge in [0, 0.05) is 16.0 Å². The molecule has 0 radical (unpaired) electrons. The van der Waals surface area contributed by atoms with Crippen LogP contribution in [0.25, 0.3) is 6.08 Å². The van der Waals surface area contributed by atoms with E-state index in [1.54, 1.807) is 29.3 Å². The molecule has 1 aliphatic rings. The number of anilines is 1. The van der Waals surface area contributed by atoms with Crippen LogP contribution in [0.1, 0.15) is 5.76 Å². The van der Waals surface area contributed by atoms with Crippen molar-refractivity contribution in [2.45, 2.75) is 16.2 Å².